The van der Waals surface area contributed by atoms with Crippen molar-refractivity contribution in [3.05, 3.63) is 46.1 Å². The summed E-state index contributed by atoms with van der Waals surface area (Å²) in [6, 6.07) is 5.04. The molecule has 18 heavy (non-hydrogen) atoms. The lowest BCUT2D eigenvalue weighted by molar-refractivity contribution is -0.116. The second-order valence-electron chi connectivity index (χ2n) is 4.00. The largest absolute Gasteiger partial charge is 0.360 e. The summed E-state index contributed by atoms with van der Waals surface area (Å²) >= 11 is 0. The molecule has 2 aromatic heterocycles. The summed E-state index contributed by atoms with van der Waals surface area (Å²) < 4.78 is 6.17. The Kier molecular flexibility index (Phi) is 3.27. The third kappa shape index (κ3) is 2.65. The van der Waals surface area contributed by atoms with E-state index in [1.54, 1.807) is 38.2 Å². The van der Waals surface area contributed by atoms with Gasteiger partial charge in [0.05, 0.1) is 0 Å². The van der Waals surface area contributed by atoms with Crippen LogP contribution in [-0.4, -0.2) is 15.6 Å². The van der Waals surface area contributed by atoms with Gasteiger partial charge in [0.2, 0.25) is 5.91 Å². The minimum absolute atomic E-state index is 0.0492. The predicted molar refractivity (Wildman–Crippen MR) is 65.3 cm³/mol. The molecule has 0 bridgehead atoms. The van der Waals surface area contributed by atoms with Gasteiger partial charge in [0.1, 0.15) is 12.3 Å². The summed E-state index contributed by atoms with van der Waals surface area (Å²) in [7, 11) is 0. The molecule has 0 aliphatic carbocycles. The van der Waals surface area contributed by atoms with Gasteiger partial charge in [-0.15, -0.1) is 0 Å². The number of anilines is 1. The molecule has 0 radical (unpaired) electrons. The van der Waals surface area contributed by atoms with Gasteiger partial charge in [-0.25, -0.2) is 0 Å². The highest BCUT2D eigenvalue weighted by Crippen LogP contribution is 2.06. The highest BCUT2D eigenvalue weighted by molar-refractivity contribution is 5.89. The number of aryl methyl sites for hydroxylation is 2. The van der Waals surface area contributed by atoms with Gasteiger partial charge in [0.25, 0.3) is 5.56 Å². The van der Waals surface area contributed by atoms with Crippen molar-refractivity contribution in [2.75, 3.05) is 5.32 Å². The van der Waals surface area contributed by atoms with Crippen LogP contribution in [0.3, 0.4) is 0 Å². The second kappa shape index (κ2) is 4.87. The Morgan fingerprint density at radius 1 is 1.50 bits per heavy atom. The molecule has 6 heteroatoms. The molecule has 0 aliphatic heterocycles. The molecule has 0 spiro atoms. The number of aromatic nitrogens is 2. The van der Waals surface area contributed by atoms with Crippen LogP contribution in [-0.2, 0) is 11.3 Å². The Bertz CT molecular complexity index is 627. The average Bonchev–Trinajstić information content (AvgIpc) is 2.70. The van der Waals surface area contributed by atoms with E-state index in [0.717, 1.165) is 0 Å². The topological polar surface area (TPSA) is 77.1 Å². The zero-order valence-electron chi connectivity index (χ0n) is 10.1. The zero-order chi connectivity index (χ0) is 13.1. The van der Waals surface area contributed by atoms with Crippen LogP contribution in [0.5, 0.6) is 0 Å². The van der Waals surface area contributed by atoms with Crippen molar-refractivity contribution in [3.8, 4) is 0 Å². The van der Waals surface area contributed by atoms with Crippen molar-refractivity contribution in [2.24, 2.45) is 0 Å². The molecule has 6 nitrogen and oxygen atoms in total. The number of rotatable bonds is 3. The first-order valence-electron chi connectivity index (χ1n) is 5.45. The van der Waals surface area contributed by atoms with Crippen molar-refractivity contribution < 1.29 is 9.32 Å². The Morgan fingerprint density at radius 2 is 2.28 bits per heavy atom. The number of carbonyl (C=O) groups is 1. The number of carbonyl (C=O) groups excluding carboxylic acids is 1. The van der Waals surface area contributed by atoms with Crippen LogP contribution in [0.4, 0.5) is 5.82 Å². The lowest BCUT2D eigenvalue weighted by atomic mass is 10.3. The molecule has 2 aromatic rings. The molecule has 0 atom stereocenters. The molecular weight excluding hydrogens is 234 g/mol. The van der Waals surface area contributed by atoms with Crippen LogP contribution in [0, 0.1) is 13.8 Å². The standard InChI is InChI=1S/C12H13N3O3/c1-8-4-3-5-15(12(8)17)7-11(16)13-10-6-9(2)18-14-10/h3-6H,7H2,1-2H3,(H,13,14,16). The van der Waals surface area contributed by atoms with Crippen LogP contribution in [0.2, 0.25) is 0 Å². The third-order valence-corrected chi connectivity index (χ3v) is 2.42. The number of pyridine rings is 1. The number of nitrogens with one attached hydrogen (secondary N) is 1. The summed E-state index contributed by atoms with van der Waals surface area (Å²) in [4.78, 5) is 23.4. The van der Waals surface area contributed by atoms with E-state index in [2.05, 4.69) is 10.5 Å². The molecule has 0 fully saturated rings. The second-order valence-corrected chi connectivity index (χ2v) is 4.00. The highest BCUT2D eigenvalue weighted by Gasteiger charge is 2.08. The zero-order valence-corrected chi connectivity index (χ0v) is 10.1. The Hall–Kier alpha value is -2.37. The first-order chi connectivity index (χ1) is 8.56. The van der Waals surface area contributed by atoms with Crippen molar-refractivity contribution >= 4 is 11.7 Å². The number of nitrogens with zero attached hydrogens (tertiary/aromatic N) is 2. The first kappa shape index (κ1) is 12.1. The summed E-state index contributed by atoms with van der Waals surface area (Å²) in [6.07, 6.45) is 1.57. The van der Waals surface area contributed by atoms with Crippen molar-refractivity contribution in [1.82, 2.24) is 9.72 Å². The third-order valence-electron chi connectivity index (χ3n) is 2.42. The smallest absolute Gasteiger partial charge is 0.253 e. The molecule has 2 rings (SSSR count). The number of hydrogen-bond donors (Lipinski definition) is 1. The highest BCUT2D eigenvalue weighted by atomic mass is 16.5. The quantitative estimate of drug-likeness (QED) is 0.880. The van der Waals surface area contributed by atoms with Gasteiger partial charge >= 0.3 is 0 Å². The van der Waals surface area contributed by atoms with E-state index in [4.69, 9.17) is 4.52 Å². The summed E-state index contributed by atoms with van der Waals surface area (Å²) in [5, 5.41) is 6.20. The van der Waals surface area contributed by atoms with E-state index < -0.39 is 0 Å². The molecule has 2 heterocycles. The van der Waals surface area contributed by atoms with Crippen molar-refractivity contribution in [1.29, 1.82) is 0 Å². The fourth-order valence-corrected chi connectivity index (χ4v) is 1.54. The van der Waals surface area contributed by atoms with E-state index >= 15 is 0 Å². The Morgan fingerprint density at radius 3 is 2.94 bits per heavy atom. The average molecular weight is 247 g/mol. The fourth-order valence-electron chi connectivity index (χ4n) is 1.54. The van der Waals surface area contributed by atoms with Crippen LogP contribution in [0.1, 0.15) is 11.3 Å². The lowest BCUT2D eigenvalue weighted by Crippen LogP contribution is -2.28. The Labute approximate surface area is 103 Å². The normalized spacial score (nSPS) is 10.3. The molecule has 94 valence electrons. The van der Waals surface area contributed by atoms with E-state index in [-0.39, 0.29) is 18.0 Å². The van der Waals surface area contributed by atoms with Gasteiger partial charge in [0.15, 0.2) is 5.82 Å². The number of hydrogen-bond acceptors (Lipinski definition) is 4. The molecule has 0 saturated heterocycles. The van der Waals surface area contributed by atoms with Gasteiger partial charge in [-0.1, -0.05) is 11.2 Å². The monoisotopic (exact) mass is 247 g/mol. The molecule has 1 amide bonds. The maximum absolute atomic E-state index is 11.7. The van der Waals surface area contributed by atoms with Crippen LogP contribution in [0.15, 0.2) is 33.7 Å². The van der Waals surface area contributed by atoms with Crippen LogP contribution >= 0.6 is 0 Å². The van der Waals surface area contributed by atoms with Gasteiger partial charge in [-0.05, 0) is 19.9 Å². The lowest BCUT2D eigenvalue weighted by Gasteiger charge is -2.05. The summed E-state index contributed by atoms with van der Waals surface area (Å²) in [5.41, 5.74) is 0.423. The van der Waals surface area contributed by atoms with E-state index in [9.17, 15) is 9.59 Å². The molecule has 0 aromatic carbocycles. The van der Waals surface area contributed by atoms with Gasteiger partial charge in [0, 0.05) is 17.8 Å². The first-order valence-corrected chi connectivity index (χ1v) is 5.45. The number of amides is 1. The summed E-state index contributed by atoms with van der Waals surface area (Å²) in [5.74, 6) is 0.632. The maximum Gasteiger partial charge on any atom is 0.253 e. The maximum atomic E-state index is 11.7. The van der Waals surface area contributed by atoms with Crippen molar-refractivity contribution in [2.45, 2.75) is 20.4 Å². The molecule has 0 aliphatic rings. The Balaban J connectivity index is 2.08. The minimum Gasteiger partial charge on any atom is -0.360 e. The van der Waals surface area contributed by atoms with Crippen LogP contribution in [0.25, 0.3) is 0 Å². The van der Waals surface area contributed by atoms with E-state index in [1.165, 1.54) is 4.57 Å². The van der Waals surface area contributed by atoms with Gasteiger partial charge in [-0.2, -0.15) is 0 Å². The van der Waals surface area contributed by atoms with Crippen LogP contribution < -0.4 is 10.9 Å². The van der Waals surface area contributed by atoms with E-state index in [1.807, 2.05) is 0 Å². The van der Waals surface area contributed by atoms with Crippen molar-refractivity contribution in [3.63, 3.8) is 0 Å². The minimum atomic E-state index is -0.323. The molecule has 0 saturated carbocycles. The molecule has 0 unspecified atom stereocenters. The molecule has 1 N–H and O–H groups in total. The molecular formula is C12H13N3O3. The predicted octanol–water partition coefficient (Wildman–Crippen LogP) is 1.09. The van der Waals surface area contributed by atoms with Gasteiger partial charge in [-0.3, -0.25) is 9.59 Å². The summed E-state index contributed by atoms with van der Waals surface area (Å²) in [6.45, 7) is 3.39. The van der Waals surface area contributed by atoms with E-state index in [0.29, 0.717) is 17.1 Å². The fraction of sp³-hybridized carbons (Fsp3) is 0.250. The SMILES string of the molecule is Cc1cc(NC(=O)Cn2cccc(C)c2=O)no1. The van der Waals surface area contributed by atoms with Gasteiger partial charge < -0.3 is 14.4 Å².